The van der Waals surface area contributed by atoms with Crippen LogP contribution in [0.3, 0.4) is 0 Å². The molecular weight excluding hydrogens is 244 g/mol. The Labute approximate surface area is 114 Å². The van der Waals surface area contributed by atoms with Crippen LogP contribution in [-0.2, 0) is 6.54 Å². The molecular formula is C13H24N4S. The molecule has 1 aromatic heterocycles. The molecule has 0 amide bonds. The second kappa shape index (κ2) is 7.38. The Kier molecular flexibility index (Phi) is 6.15. The van der Waals surface area contributed by atoms with Crippen molar-refractivity contribution in [2.45, 2.75) is 32.9 Å². The van der Waals surface area contributed by atoms with E-state index in [4.69, 9.17) is 0 Å². The third-order valence-electron chi connectivity index (χ3n) is 2.34. The Hall–Kier alpha value is -1.07. The second-order valence-corrected chi connectivity index (χ2v) is 5.94. The zero-order valence-corrected chi connectivity index (χ0v) is 12.5. The lowest BCUT2D eigenvalue weighted by Gasteiger charge is -2.21. The zero-order chi connectivity index (χ0) is 13.4. The van der Waals surface area contributed by atoms with Crippen LogP contribution in [0.25, 0.3) is 0 Å². The number of hydrogen-bond donors (Lipinski definition) is 3. The molecule has 3 N–H and O–H groups in total. The Morgan fingerprint density at radius 2 is 2.06 bits per heavy atom. The smallest absolute Gasteiger partial charge is 0.191 e. The van der Waals surface area contributed by atoms with Gasteiger partial charge in [-0.15, -0.1) is 0 Å². The van der Waals surface area contributed by atoms with Crippen LogP contribution in [0.2, 0.25) is 0 Å². The van der Waals surface area contributed by atoms with Gasteiger partial charge in [0.1, 0.15) is 0 Å². The molecule has 0 fully saturated rings. The summed E-state index contributed by atoms with van der Waals surface area (Å²) < 4.78 is 0. The summed E-state index contributed by atoms with van der Waals surface area (Å²) in [5.74, 6) is 0.844. The van der Waals surface area contributed by atoms with Gasteiger partial charge in [0, 0.05) is 32.2 Å². The summed E-state index contributed by atoms with van der Waals surface area (Å²) in [5, 5.41) is 14.2. The van der Waals surface area contributed by atoms with Crippen molar-refractivity contribution in [3.63, 3.8) is 0 Å². The van der Waals surface area contributed by atoms with E-state index in [1.165, 1.54) is 5.56 Å². The minimum atomic E-state index is 0.162. The maximum atomic E-state index is 4.19. The average molecular weight is 268 g/mol. The van der Waals surface area contributed by atoms with Crippen LogP contribution < -0.4 is 16.0 Å². The molecule has 1 heterocycles. The molecule has 0 aliphatic heterocycles. The molecule has 0 bridgehead atoms. The highest BCUT2D eigenvalue weighted by Gasteiger charge is 2.07. The number of thiophene rings is 1. The van der Waals surface area contributed by atoms with Crippen LogP contribution in [0.4, 0.5) is 0 Å². The van der Waals surface area contributed by atoms with Gasteiger partial charge in [-0.05, 0) is 43.2 Å². The first kappa shape index (κ1) is 15.0. The fraction of sp³-hybridized carbons (Fsp3) is 0.615. The summed E-state index contributed by atoms with van der Waals surface area (Å²) in [6, 6.07) is 2.12. The number of guanidine groups is 1. The Balaban J connectivity index is 2.18. The molecule has 0 aromatic carbocycles. The Morgan fingerprint density at radius 1 is 1.28 bits per heavy atom. The molecule has 0 unspecified atom stereocenters. The summed E-state index contributed by atoms with van der Waals surface area (Å²) in [6.45, 7) is 9.09. The lowest BCUT2D eigenvalue weighted by atomic mass is 10.1. The van der Waals surface area contributed by atoms with Gasteiger partial charge in [-0.2, -0.15) is 11.3 Å². The van der Waals surface area contributed by atoms with Crippen LogP contribution in [-0.4, -0.2) is 31.6 Å². The number of aliphatic imine (C=N–C) groups is 1. The van der Waals surface area contributed by atoms with E-state index in [1.807, 2.05) is 0 Å². The van der Waals surface area contributed by atoms with Crippen LogP contribution >= 0.6 is 11.3 Å². The van der Waals surface area contributed by atoms with Gasteiger partial charge in [0.2, 0.25) is 0 Å². The van der Waals surface area contributed by atoms with Gasteiger partial charge in [-0.25, -0.2) is 0 Å². The quantitative estimate of drug-likeness (QED) is 0.433. The van der Waals surface area contributed by atoms with Crippen molar-refractivity contribution < 1.29 is 0 Å². The zero-order valence-electron chi connectivity index (χ0n) is 11.7. The molecule has 0 atom stereocenters. The molecule has 18 heavy (non-hydrogen) atoms. The van der Waals surface area contributed by atoms with Gasteiger partial charge in [-0.3, -0.25) is 4.99 Å². The SMILES string of the molecule is CN=C(NCCNC(C)(C)C)NCc1ccsc1. The van der Waals surface area contributed by atoms with Gasteiger partial charge in [-0.1, -0.05) is 0 Å². The van der Waals surface area contributed by atoms with Crippen molar-refractivity contribution in [2.75, 3.05) is 20.1 Å². The molecule has 4 nitrogen and oxygen atoms in total. The number of hydrogen-bond acceptors (Lipinski definition) is 3. The summed E-state index contributed by atoms with van der Waals surface area (Å²) in [5.41, 5.74) is 1.45. The van der Waals surface area contributed by atoms with Crippen molar-refractivity contribution in [1.82, 2.24) is 16.0 Å². The predicted molar refractivity (Wildman–Crippen MR) is 80.3 cm³/mol. The topological polar surface area (TPSA) is 48.5 Å². The van der Waals surface area contributed by atoms with Gasteiger partial charge in [0.15, 0.2) is 5.96 Å². The Bertz CT molecular complexity index is 352. The summed E-state index contributed by atoms with van der Waals surface area (Å²) >= 11 is 1.71. The van der Waals surface area contributed by atoms with E-state index in [-0.39, 0.29) is 5.54 Å². The lowest BCUT2D eigenvalue weighted by Crippen LogP contribution is -2.44. The van der Waals surface area contributed by atoms with E-state index in [2.05, 4.69) is 58.5 Å². The third kappa shape index (κ3) is 6.61. The third-order valence-corrected chi connectivity index (χ3v) is 3.07. The highest BCUT2D eigenvalue weighted by atomic mass is 32.1. The van der Waals surface area contributed by atoms with E-state index < -0.39 is 0 Å². The molecule has 0 saturated carbocycles. The lowest BCUT2D eigenvalue weighted by molar-refractivity contribution is 0.428. The molecule has 0 aliphatic carbocycles. The minimum Gasteiger partial charge on any atom is -0.355 e. The highest BCUT2D eigenvalue weighted by molar-refractivity contribution is 7.07. The van der Waals surface area contributed by atoms with Gasteiger partial charge in [0.05, 0.1) is 0 Å². The first-order chi connectivity index (χ1) is 8.51. The van der Waals surface area contributed by atoms with Gasteiger partial charge in [0.25, 0.3) is 0 Å². The largest absolute Gasteiger partial charge is 0.355 e. The fourth-order valence-electron chi connectivity index (χ4n) is 1.42. The van der Waals surface area contributed by atoms with Gasteiger partial charge >= 0.3 is 0 Å². The Morgan fingerprint density at radius 3 is 2.61 bits per heavy atom. The molecule has 0 saturated heterocycles. The predicted octanol–water partition coefficient (Wildman–Crippen LogP) is 1.80. The minimum absolute atomic E-state index is 0.162. The van der Waals surface area contributed by atoms with Crippen molar-refractivity contribution in [2.24, 2.45) is 4.99 Å². The van der Waals surface area contributed by atoms with Crippen molar-refractivity contribution in [3.8, 4) is 0 Å². The first-order valence-electron chi connectivity index (χ1n) is 6.22. The highest BCUT2D eigenvalue weighted by Crippen LogP contribution is 2.04. The molecule has 5 heteroatoms. The molecule has 1 aromatic rings. The molecule has 0 spiro atoms. The van der Waals surface area contributed by atoms with E-state index >= 15 is 0 Å². The van der Waals surface area contributed by atoms with Crippen molar-refractivity contribution in [3.05, 3.63) is 22.4 Å². The number of nitrogens with zero attached hydrogens (tertiary/aromatic N) is 1. The van der Waals surface area contributed by atoms with Crippen LogP contribution in [0, 0.1) is 0 Å². The standard InChI is InChI=1S/C13H24N4S/c1-13(2,3)17-7-6-15-12(14-4)16-9-11-5-8-18-10-11/h5,8,10,17H,6-7,9H2,1-4H3,(H2,14,15,16). The summed E-state index contributed by atoms with van der Waals surface area (Å²) in [4.78, 5) is 4.19. The number of nitrogens with one attached hydrogen (secondary N) is 3. The van der Waals surface area contributed by atoms with Gasteiger partial charge < -0.3 is 16.0 Å². The average Bonchev–Trinajstić information content (AvgIpc) is 2.79. The van der Waals surface area contributed by atoms with Crippen LogP contribution in [0.5, 0.6) is 0 Å². The van der Waals surface area contributed by atoms with E-state index in [0.717, 1.165) is 25.6 Å². The van der Waals surface area contributed by atoms with Crippen molar-refractivity contribution >= 4 is 17.3 Å². The molecule has 0 aliphatic rings. The maximum absolute atomic E-state index is 4.19. The number of rotatable bonds is 5. The van der Waals surface area contributed by atoms with E-state index in [9.17, 15) is 0 Å². The van der Waals surface area contributed by atoms with E-state index in [0.29, 0.717) is 0 Å². The summed E-state index contributed by atoms with van der Waals surface area (Å²) in [6.07, 6.45) is 0. The van der Waals surface area contributed by atoms with Crippen molar-refractivity contribution in [1.29, 1.82) is 0 Å². The monoisotopic (exact) mass is 268 g/mol. The molecule has 1 rings (SSSR count). The first-order valence-corrected chi connectivity index (χ1v) is 7.16. The second-order valence-electron chi connectivity index (χ2n) is 5.16. The fourth-order valence-corrected chi connectivity index (χ4v) is 2.09. The molecule has 102 valence electrons. The van der Waals surface area contributed by atoms with Crippen LogP contribution in [0.1, 0.15) is 26.3 Å². The van der Waals surface area contributed by atoms with E-state index in [1.54, 1.807) is 18.4 Å². The van der Waals surface area contributed by atoms with Crippen LogP contribution in [0.15, 0.2) is 21.8 Å². The summed E-state index contributed by atoms with van der Waals surface area (Å²) in [7, 11) is 1.79. The maximum Gasteiger partial charge on any atom is 0.191 e. The normalized spacial score (nSPS) is 12.6. The molecule has 0 radical (unpaired) electrons.